The van der Waals surface area contributed by atoms with Gasteiger partial charge in [0.15, 0.2) is 0 Å². The van der Waals surface area contributed by atoms with Crippen molar-refractivity contribution in [3.05, 3.63) is 66.1 Å². The largest absolute Gasteiger partial charge is 0.351 e. The Balaban J connectivity index is 1.60. The van der Waals surface area contributed by atoms with Crippen LogP contribution in [0.3, 0.4) is 0 Å². The molecule has 1 saturated heterocycles. The van der Waals surface area contributed by atoms with Crippen molar-refractivity contribution >= 4 is 16.8 Å². The van der Waals surface area contributed by atoms with E-state index < -0.39 is 0 Å². The Morgan fingerprint density at radius 3 is 2.69 bits per heavy atom. The van der Waals surface area contributed by atoms with Crippen LogP contribution in [0.4, 0.5) is 0 Å². The molecule has 1 aromatic carbocycles. The minimum Gasteiger partial charge on any atom is -0.351 e. The SMILES string of the molecule is CCN1CCC(N(CCc2ccccn2)C(=O)c2cccc3c2ccn3C)CC1. The number of nitrogens with zero attached hydrogens (tertiary/aromatic N) is 4. The molecule has 0 radical (unpaired) electrons. The lowest BCUT2D eigenvalue weighted by molar-refractivity contribution is 0.0581. The van der Waals surface area contributed by atoms with Crippen LogP contribution in [0.25, 0.3) is 10.9 Å². The summed E-state index contributed by atoms with van der Waals surface area (Å²) in [6.45, 7) is 6.11. The van der Waals surface area contributed by atoms with Crippen LogP contribution in [0.2, 0.25) is 0 Å². The normalized spacial score (nSPS) is 15.7. The highest BCUT2D eigenvalue weighted by atomic mass is 16.2. The number of likely N-dealkylation sites (tertiary alicyclic amines) is 1. The van der Waals surface area contributed by atoms with Gasteiger partial charge in [-0.15, -0.1) is 0 Å². The molecule has 3 heterocycles. The van der Waals surface area contributed by atoms with Gasteiger partial charge in [-0.25, -0.2) is 0 Å². The molecule has 5 nitrogen and oxygen atoms in total. The maximum atomic E-state index is 13.7. The van der Waals surface area contributed by atoms with Crippen molar-refractivity contribution in [1.82, 2.24) is 19.4 Å². The maximum Gasteiger partial charge on any atom is 0.254 e. The van der Waals surface area contributed by atoms with Gasteiger partial charge in [0.2, 0.25) is 0 Å². The number of aryl methyl sites for hydroxylation is 1. The summed E-state index contributed by atoms with van der Waals surface area (Å²) in [5.74, 6) is 0.146. The number of amides is 1. The molecule has 29 heavy (non-hydrogen) atoms. The van der Waals surface area contributed by atoms with E-state index in [4.69, 9.17) is 0 Å². The Kier molecular flexibility index (Phi) is 5.95. The Morgan fingerprint density at radius 1 is 1.14 bits per heavy atom. The highest BCUT2D eigenvalue weighted by Gasteiger charge is 2.29. The lowest BCUT2D eigenvalue weighted by Crippen LogP contribution is -2.48. The van der Waals surface area contributed by atoms with Crippen molar-refractivity contribution < 1.29 is 4.79 Å². The third-order valence-corrected chi connectivity index (χ3v) is 6.20. The first kappa shape index (κ1) is 19.6. The van der Waals surface area contributed by atoms with Crippen LogP contribution < -0.4 is 0 Å². The highest BCUT2D eigenvalue weighted by molar-refractivity contribution is 6.06. The smallest absolute Gasteiger partial charge is 0.254 e. The van der Waals surface area contributed by atoms with Crippen molar-refractivity contribution in [3.63, 3.8) is 0 Å². The average molecular weight is 391 g/mol. The second kappa shape index (κ2) is 8.78. The molecule has 0 spiro atoms. The quantitative estimate of drug-likeness (QED) is 0.644. The van der Waals surface area contributed by atoms with Crippen LogP contribution in [0.1, 0.15) is 35.8 Å². The van der Waals surface area contributed by atoms with E-state index in [0.717, 1.165) is 61.1 Å². The lowest BCUT2D eigenvalue weighted by atomic mass is 10.00. The Morgan fingerprint density at radius 2 is 1.97 bits per heavy atom. The summed E-state index contributed by atoms with van der Waals surface area (Å²) >= 11 is 0. The van der Waals surface area contributed by atoms with E-state index in [2.05, 4.69) is 38.4 Å². The second-order valence-corrected chi connectivity index (χ2v) is 7.90. The number of piperidine rings is 1. The second-order valence-electron chi connectivity index (χ2n) is 7.90. The monoisotopic (exact) mass is 390 g/mol. The molecule has 0 saturated carbocycles. The molecule has 1 fully saturated rings. The molecular weight excluding hydrogens is 360 g/mol. The zero-order valence-electron chi connectivity index (χ0n) is 17.4. The first-order chi connectivity index (χ1) is 14.2. The van der Waals surface area contributed by atoms with Gasteiger partial charge < -0.3 is 14.4 Å². The van der Waals surface area contributed by atoms with Crippen LogP contribution in [-0.4, -0.2) is 57.5 Å². The van der Waals surface area contributed by atoms with Gasteiger partial charge in [0.05, 0.1) is 0 Å². The minimum atomic E-state index is 0.146. The van der Waals surface area contributed by atoms with Crippen LogP contribution in [0.15, 0.2) is 54.9 Å². The summed E-state index contributed by atoms with van der Waals surface area (Å²) in [6, 6.07) is 14.4. The van der Waals surface area contributed by atoms with Gasteiger partial charge in [0.1, 0.15) is 0 Å². The lowest BCUT2D eigenvalue weighted by Gasteiger charge is -2.38. The van der Waals surface area contributed by atoms with E-state index in [0.29, 0.717) is 6.54 Å². The summed E-state index contributed by atoms with van der Waals surface area (Å²) < 4.78 is 2.07. The molecule has 1 aliphatic rings. The Labute approximate surface area is 172 Å². The Bertz CT molecular complexity index is 957. The summed E-state index contributed by atoms with van der Waals surface area (Å²) in [5.41, 5.74) is 2.94. The standard InChI is InChI=1S/C24H30N4O/c1-3-27-16-11-20(12-17-27)28(18-10-19-7-4-5-14-25-19)24(29)22-8-6-9-23-21(22)13-15-26(23)2/h4-9,13-15,20H,3,10-12,16-18H2,1-2H3. The van der Waals surface area contributed by atoms with Gasteiger partial charge in [0.25, 0.3) is 5.91 Å². The summed E-state index contributed by atoms with van der Waals surface area (Å²) in [4.78, 5) is 22.8. The van der Waals surface area contributed by atoms with Gasteiger partial charge in [-0.05, 0) is 49.7 Å². The molecule has 1 aliphatic heterocycles. The fraction of sp³-hybridized carbons (Fsp3) is 0.417. The van der Waals surface area contributed by atoms with Gasteiger partial charge in [-0.2, -0.15) is 0 Å². The summed E-state index contributed by atoms with van der Waals surface area (Å²) in [5, 5.41) is 1.04. The first-order valence-electron chi connectivity index (χ1n) is 10.6. The molecule has 0 bridgehead atoms. The molecule has 0 unspecified atom stereocenters. The molecule has 4 rings (SSSR count). The van der Waals surface area contributed by atoms with Gasteiger partial charge in [-0.1, -0.05) is 19.1 Å². The zero-order valence-corrected chi connectivity index (χ0v) is 17.4. The first-order valence-corrected chi connectivity index (χ1v) is 10.6. The molecule has 0 N–H and O–H groups in total. The minimum absolute atomic E-state index is 0.146. The number of hydrogen-bond acceptors (Lipinski definition) is 3. The van der Waals surface area contributed by atoms with E-state index in [9.17, 15) is 4.79 Å². The number of fused-ring (bicyclic) bond motifs is 1. The van der Waals surface area contributed by atoms with E-state index in [-0.39, 0.29) is 11.9 Å². The average Bonchev–Trinajstić information content (AvgIpc) is 3.16. The summed E-state index contributed by atoms with van der Waals surface area (Å²) in [7, 11) is 2.02. The topological polar surface area (TPSA) is 41.4 Å². The Hall–Kier alpha value is -2.66. The molecule has 1 amide bonds. The molecule has 0 atom stereocenters. The van der Waals surface area contributed by atoms with Gasteiger partial charge in [0, 0.05) is 73.7 Å². The molecular formula is C24H30N4O. The fourth-order valence-corrected chi connectivity index (χ4v) is 4.42. The predicted octanol–water partition coefficient (Wildman–Crippen LogP) is 3.74. The van der Waals surface area contributed by atoms with Crippen molar-refractivity contribution in [3.8, 4) is 0 Å². The molecule has 5 heteroatoms. The number of carbonyl (C=O) groups is 1. The van der Waals surface area contributed by atoms with Crippen molar-refractivity contribution in [1.29, 1.82) is 0 Å². The third kappa shape index (κ3) is 4.20. The van der Waals surface area contributed by atoms with Crippen molar-refractivity contribution in [2.45, 2.75) is 32.2 Å². The third-order valence-electron chi connectivity index (χ3n) is 6.20. The van der Waals surface area contributed by atoms with Gasteiger partial charge >= 0.3 is 0 Å². The number of hydrogen-bond donors (Lipinski definition) is 0. The number of rotatable bonds is 6. The molecule has 0 aliphatic carbocycles. The van der Waals surface area contributed by atoms with E-state index in [1.54, 1.807) is 0 Å². The van der Waals surface area contributed by atoms with Crippen molar-refractivity contribution in [2.24, 2.45) is 7.05 Å². The van der Waals surface area contributed by atoms with Crippen molar-refractivity contribution in [2.75, 3.05) is 26.2 Å². The van der Waals surface area contributed by atoms with Gasteiger partial charge in [-0.3, -0.25) is 9.78 Å². The predicted molar refractivity (Wildman–Crippen MR) is 117 cm³/mol. The van der Waals surface area contributed by atoms with E-state index in [1.807, 2.05) is 49.8 Å². The van der Waals surface area contributed by atoms with Crippen LogP contribution in [0, 0.1) is 0 Å². The number of carbonyl (C=O) groups excluding carboxylic acids is 1. The van der Waals surface area contributed by atoms with Crippen LogP contribution in [0.5, 0.6) is 0 Å². The maximum absolute atomic E-state index is 13.7. The molecule has 2 aromatic heterocycles. The number of aromatic nitrogens is 2. The highest BCUT2D eigenvalue weighted by Crippen LogP contribution is 2.24. The number of pyridine rings is 1. The molecule has 3 aromatic rings. The van der Waals surface area contributed by atoms with Crippen LogP contribution >= 0.6 is 0 Å². The zero-order chi connectivity index (χ0) is 20.2. The number of benzene rings is 1. The van der Waals surface area contributed by atoms with E-state index in [1.165, 1.54) is 0 Å². The molecule has 152 valence electrons. The fourth-order valence-electron chi connectivity index (χ4n) is 4.42. The van der Waals surface area contributed by atoms with E-state index >= 15 is 0 Å². The summed E-state index contributed by atoms with van der Waals surface area (Å²) in [6.07, 6.45) is 6.70. The van der Waals surface area contributed by atoms with Crippen LogP contribution in [-0.2, 0) is 13.5 Å².